The molecule has 31 heavy (non-hydrogen) atoms. The predicted octanol–water partition coefficient (Wildman–Crippen LogP) is 7.21. The van der Waals surface area contributed by atoms with Gasteiger partial charge in [-0.1, -0.05) is 38.5 Å². The van der Waals surface area contributed by atoms with Gasteiger partial charge in [-0.2, -0.15) is 0 Å². The molecule has 170 valence electrons. The first kappa shape index (κ1) is 23.1. The van der Waals surface area contributed by atoms with Crippen LogP contribution in [-0.4, -0.2) is 18.3 Å². The van der Waals surface area contributed by atoms with Crippen LogP contribution in [0.3, 0.4) is 0 Å². The van der Waals surface area contributed by atoms with Crippen LogP contribution in [0.2, 0.25) is 0 Å². The zero-order chi connectivity index (χ0) is 22.2. The molecule has 0 spiro atoms. The van der Waals surface area contributed by atoms with Crippen molar-refractivity contribution in [3.8, 4) is 5.75 Å². The molecule has 3 fully saturated rings. The van der Waals surface area contributed by atoms with E-state index in [2.05, 4.69) is 13.5 Å². The molecular weight excluding hydrogens is 501 g/mol. The highest BCUT2D eigenvalue weighted by Crippen LogP contribution is 2.59. The summed E-state index contributed by atoms with van der Waals surface area (Å²) >= 11 is 2.03. The Kier molecular flexibility index (Phi) is 7.02. The largest absolute Gasteiger partial charge is 0.466 e. The Hall–Kier alpha value is -1.08. The summed E-state index contributed by atoms with van der Waals surface area (Å²) in [5, 5.41) is 8.08. The summed E-state index contributed by atoms with van der Waals surface area (Å²) in [5.74, 6) is 4.48. The fourth-order valence-corrected chi connectivity index (χ4v) is 6.64. The summed E-state index contributed by atoms with van der Waals surface area (Å²) in [5.41, 5.74) is 0.486. The minimum Gasteiger partial charge on any atom is -0.466 e. The molecule has 0 aromatic heterocycles. The predicted molar refractivity (Wildman–Crippen MR) is 133 cm³/mol. The number of fused-ring (bicyclic) bond motifs is 5. The van der Waals surface area contributed by atoms with E-state index in [-0.39, 0.29) is 12.2 Å². The van der Waals surface area contributed by atoms with Crippen LogP contribution >= 0.6 is 22.6 Å². The summed E-state index contributed by atoms with van der Waals surface area (Å²) in [6.07, 6.45) is 8.77. The number of hydrogen-bond donors (Lipinski definition) is 1. The Bertz CT molecular complexity index is 809. The Balaban J connectivity index is 1.35. The molecule has 5 heteroatoms. The van der Waals surface area contributed by atoms with Crippen molar-refractivity contribution in [2.75, 3.05) is 0 Å². The van der Waals surface area contributed by atoms with E-state index in [1.54, 1.807) is 0 Å². The summed E-state index contributed by atoms with van der Waals surface area (Å²) in [6.45, 7) is 10.0. The minimum atomic E-state index is -0.554. The van der Waals surface area contributed by atoms with Crippen LogP contribution in [0, 0.1) is 29.1 Å². The van der Waals surface area contributed by atoms with Crippen LogP contribution < -0.4 is 4.74 Å². The number of benzene rings is 1. The second-order valence-electron chi connectivity index (χ2n) is 9.86. The Morgan fingerprint density at radius 3 is 2.58 bits per heavy atom. The highest BCUT2D eigenvalue weighted by molar-refractivity contribution is 14.1. The SMILES string of the molecule is C=C(I)C(=N)OC(C)(CCC)c1ccc(OC(C)OC2CC3CC2C2CCCC32)cc1. The van der Waals surface area contributed by atoms with Crippen LogP contribution in [0.15, 0.2) is 34.4 Å². The molecule has 0 radical (unpaired) electrons. The molecule has 1 aromatic rings. The van der Waals surface area contributed by atoms with Gasteiger partial charge in [-0.05, 0) is 110 Å². The van der Waals surface area contributed by atoms with Gasteiger partial charge in [0.2, 0.25) is 5.90 Å². The van der Waals surface area contributed by atoms with E-state index in [9.17, 15) is 0 Å². The Morgan fingerprint density at radius 2 is 1.90 bits per heavy atom. The molecule has 3 aliphatic rings. The van der Waals surface area contributed by atoms with E-state index in [4.69, 9.17) is 19.6 Å². The molecule has 0 saturated heterocycles. The maximum atomic E-state index is 8.08. The van der Waals surface area contributed by atoms with Crippen molar-refractivity contribution in [2.45, 2.75) is 83.7 Å². The van der Waals surface area contributed by atoms with E-state index in [0.29, 0.717) is 9.68 Å². The molecule has 0 amide bonds. The van der Waals surface area contributed by atoms with Gasteiger partial charge in [0.1, 0.15) is 11.4 Å². The van der Waals surface area contributed by atoms with Gasteiger partial charge in [0.15, 0.2) is 6.29 Å². The van der Waals surface area contributed by atoms with Gasteiger partial charge >= 0.3 is 0 Å². The quantitative estimate of drug-likeness (QED) is 0.157. The van der Waals surface area contributed by atoms with E-state index in [1.165, 1.54) is 32.1 Å². The van der Waals surface area contributed by atoms with Crippen LogP contribution in [0.4, 0.5) is 0 Å². The number of ether oxygens (including phenoxy) is 3. The fourth-order valence-electron chi connectivity index (χ4n) is 6.53. The lowest BCUT2D eigenvalue weighted by molar-refractivity contribution is -0.132. The van der Waals surface area contributed by atoms with E-state index in [0.717, 1.165) is 47.8 Å². The third kappa shape index (κ3) is 4.82. The number of nitrogens with one attached hydrogen (secondary N) is 1. The molecule has 0 heterocycles. The van der Waals surface area contributed by atoms with Crippen LogP contribution in [0.5, 0.6) is 5.75 Å². The molecule has 7 unspecified atom stereocenters. The summed E-state index contributed by atoms with van der Waals surface area (Å²) in [7, 11) is 0. The lowest BCUT2D eigenvalue weighted by Crippen LogP contribution is -2.34. The monoisotopic (exact) mass is 537 g/mol. The van der Waals surface area contributed by atoms with Gasteiger partial charge < -0.3 is 14.2 Å². The molecule has 3 aliphatic carbocycles. The van der Waals surface area contributed by atoms with Crippen LogP contribution in [-0.2, 0) is 15.1 Å². The fraction of sp³-hybridized carbons (Fsp3) is 0.654. The van der Waals surface area contributed by atoms with E-state index in [1.807, 2.05) is 60.7 Å². The van der Waals surface area contributed by atoms with Crippen LogP contribution in [0.1, 0.15) is 71.3 Å². The van der Waals surface area contributed by atoms with Crippen molar-refractivity contribution >= 4 is 28.5 Å². The smallest absolute Gasteiger partial charge is 0.219 e. The molecule has 1 N–H and O–H groups in total. The summed E-state index contributed by atoms with van der Waals surface area (Å²) in [4.78, 5) is 0. The lowest BCUT2D eigenvalue weighted by atomic mass is 9.80. The maximum Gasteiger partial charge on any atom is 0.219 e. The van der Waals surface area contributed by atoms with Crippen molar-refractivity contribution < 1.29 is 14.2 Å². The van der Waals surface area contributed by atoms with Crippen molar-refractivity contribution in [1.29, 1.82) is 5.41 Å². The zero-order valence-electron chi connectivity index (χ0n) is 19.0. The molecular formula is C26H36INO3. The molecule has 0 aliphatic heterocycles. The number of hydrogen-bond acceptors (Lipinski definition) is 4. The third-order valence-electron chi connectivity index (χ3n) is 7.80. The lowest BCUT2D eigenvalue weighted by Gasteiger charge is -2.33. The molecule has 7 atom stereocenters. The molecule has 3 saturated carbocycles. The van der Waals surface area contributed by atoms with E-state index < -0.39 is 5.60 Å². The third-order valence-corrected chi connectivity index (χ3v) is 8.29. The molecule has 4 nitrogen and oxygen atoms in total. The van der Waals surface area contributed by atoms with E-state index >= 15 is 0 Å². The normalized spacial score (nSPS) is 31.7. The zero-order valence-corrected chi connectivity index (χ0v) is 21.2. The van der Waals surface area contributed by atoms with Gasteiger partial charge in [0.25, 0.3) is 0 Å². The van der Waals surface area contributed by atoms with Crippen molar-refractivity contribution in [3.05, 3.63) is 40.0 Å². The first-order valence-corrected chi connectivity index (χ1v) is 12.9. The van der Waals surface area contributed by atoms with Crippen LogP contribution in [0.25, 0.3) is 0 Å². The van der Waals surface area contributed by atoms with Gasteiger partial charge in [0, 0.05) is 0 Å². The Labute approximate surface area is 200 Å². The second-order valence-corrected chi connectivity index (χ2v) is 11.2. The average molecular weight is 537 g/mol. The van der Waals surface area contributed by atoms with Crippen molar-refractivity contribution in [1.82, 2.24) is 0 Å². The molecule has 2 bridgehead atoms. The molecule has 1 aromatic carbocycles. The first-order chi connectivity index (χ1) is 14.8. The average Bonchev–Trinajstić information content (AvgIpc) is 3.42. The minimum absolute atomic E-state index is 0.134. The summed E-state index contributed by atoms with van der Waals surface area (Å²) < 4.78 is 19.1. The highest BCUT2D eigenvalue weighted by atomic mass is 127. The standard InChI is InChI=1S/C26H36INO3/c1-5-13-26(4,31-25(28)16(2)27)19-9-11-20(12-10-19)29-17(3)30-24-15-18-14-23(24)22-8-6-7-21(18)22/h9-12,17-18,21-24,28H,2,5-8,13-15H2,1,3-4H3. The van der Waals surface area contributed by atoms with Gasteiger partial charge in [-0.3, -0.25) is 5.41 Å². The number of halogens is 1. The van der Waals surface area contributed by atoms with Gasteiger partial charge in [-0.25, -0.2) is 0 Å². The summed E-state index contributed by atoms with van der Waals surface area (Å²) in [6, 6.07) is 8.06. The Morgan fingerprint density at radius 1 is 1.19 bits per heavy atom. The molecule has 4 rings (SSSR count). The van der Waals surface area contributed by atoms with Gasteiger partial charge in [0.05, 0.1) is 9.68 Å². The first-order valence-electron chi connectivity index (χ1n) is 11.9. The second kappa shape index (κ2) is 9.42. The number of rotatable bonds is 9. The highest BCUT2D eigenvalue weighted by Gasteiger charge is 2.54. The topological polar surface area (TPSA) is 51.5 Å². The maximum absolute atomic E-state index is 8.08. The van der Waals surface area contributed by atoms with Gasteiger partial charge in [-0.15, -0.1) is 0 Å². The van der Waals surface area contributed by atoms with Crippen molar-refractivity contribution in [2.24, 2.45) is 23.7 Å². The van der Waals surface area contributed by atoms with Crippen molar-refractivity contribution in [3.63, 3.8) is 0 Å².